The second-order valence-electron chi connectivity index (χ2n) is 3.96. The van der Waals surface area contributed by atoms with Crippen molar-refractivity contribution in [2.75, 3.05) is 20.2 Å². The highest BCUT2D eigenvalue weighted by molar-refractivity contribution is 9.10. The lowest BCUT2D eigenvalue weighted by Gasteiger charge is -2.38. The zero-order valence-corrected chi connectivity index (χ0v) is 10.2. The first-order valence-corrected chi connectivity index (χ1v) is 5.68. The average molecular weight is 272 g/mol. The highest BCUT2D eigenvalue weighted by Gasteiger charge is 2.35. The van der Waals surface area contributed by atoms with E-state index in [1.54, 1.807) is 7.11 Å². The van der Waals surface area contributed by atoms with Crippen molar-refractivity contribution < 1.29 is 9.84 Å². The molecule has 1 saturated heterocycles. The Morgan fingerprint density at radius 1 is 1.53 bits per heavy atom. The molecule has 3 nitrogen and oxygen atoms in total. The van der Waals surface area contributed by atoms with Crippen molar-refractivity contribution in [2.24, 2.45) is 0 Å². The van der Waals surface area contributed by atoms with Crippen molar-refractivity contribution in [3.05, 3.63) is 28.2 Å². The molecule has 0 amide bonds. The van der Waals surface area contributed by atoms with E-state index in [4.69, 9.17) is 4.74 Å². The number of ether oxygens (including phenoxy) is 1. The first kappa shape index (κ1) is 10.9. The Hall–Kier alpha value is -0.580. The van der Waals surface area contributed by atoms with E-state index >= 15 is 0 Å². The van der Waals surface area contributed by atoms with Gasteiger partial charge in [0.15, 0.2) is 0 Å². The first-order valence-electron chi connectivity index (χ1n) is 4.88. The third-order valence-electron chi connectivity index (χ3n) is 2.67. The van der Waals surface area contributed by atoms with Crippen LogP contribution >= 0.6 is 15.9 Å². The van der Waals surface area contributed by atoms with Crippen LogP contribution in [0.1, 0.15) is 5.56 Å². The number of benzene rings is 1. The van der Waals surface area contributed by atoms with E-state index < -0.39 is 5.60 Å². The molecule has 1 heterocycles. The summed E-state index contributed by atoms with van der Waals surface area (Å²) in [6, 6.07) is 5.84. The molecule has 0 aromatic heterocycles. The SMILES string of the molecule is COc1ccc(Br)cc1CC1(O)CNC1. The van der Waals surface area contributed by atoms with Crippen LogP contribution in [0.4, 0.5) is 0 Å². The molecule has 82 valence electrons. The second kappa shape index (κ2) is 4.12. The summed E-state index contributed by atoms with van der Waals surface area (Å²) >= 11 is 3.42. The minimum absolute atomic E-state index is 0.603. The van der Waals surface area contributed by atoms with Crippen LogP contribution in [0.25, 0.3) is 0 Å². The summed E-state index contributed by atoms with van der Waals surface area (Å²) in [7, 11) is 1.65. The molecule has 15 heavy (non-hydrogen) atoms. The van der Waals surface area contributed by atoms with Crippen molar-refractivity contribution in [1.82, 2.24) is 5.32 Å². The van der Waals surface area contributed by atoms with Gasteiger partial charge in [0.25, 0.3) is 0 Å². The van der Waals surface area contributed by atoms with E-state index in [1.165, 1.54) is 0 Å². The molecule has 4 heteroatoms. The van der Waals surface area contributed by atoms with Crippen molar-refractivity contribution >= 4 is 15.9 Å². The van der Waals surface area contributed by atoms with Crippen LogP contribution in [-0.2, 0) is 6.42 Å². The number of hydrogen-bond acceptors (Lipinski definition) is 3. The molecular formula is C11H14BrNO2. The maximum Gasteiger partial charge on any atom is 0.122 e. The summed E-state index contributed by atoms with van der Waals surface area (Å²) in [6.45, 7) is 1.31. The van der Waals surface area contributed by atoms with Gasteiger partial charge in [0.05, 0.1) is 12.7 Å². The molecule has 1 aromatic rings. The lowest BCUT2D eigenvalue weighted by atomic mass is 9.89. The molecule has 0 saturated carbocycles. The van der Waals surface area contributed by atoms with E-state index in [2.05, 4.69) is 21.2 Å². The van der Waals surface area contributed by atoms with Gasteiger partial charge >= 0.3 is 0 Å². The van der Waals surface area contributed by atoms with Crippen LogP contribution in [0.15, 0.2) is 22.7 Å². The fraction of sp³-hybridized carbons (Fsp3) is 0.455. The monoisotopic (exact) mass is 271 g/mol. The Kier molecular flexibility index (Phi) is 3.00. The number of rotatable bonds is 3. The smallest absolute Gasteiger partial charge is 0.122 e. The fourth-order valence-corrected chi connectivity index (χ4v) is 2.19. The van der Waals surface area contributed by atoms with Crippen LogP contribution in [0.3, 0.4) is 0 Å². The Morgan fingerprint density at radius 2 is 2.27 bits per heavy atom. The van der Waals surface area contributed by atoms with Gasteiger partial charge in [-0.2, -0.15) is 0 Å². The number of β-amino-alcohol motifs (C(OH)–C–C–N with tert-alkyl or cyclic N) is 1. The molecule has 1 fully saturated rings. The van der Waals surface area contributed by atoms with Crippen LogP contribution in [-0.4, -0.2) is 30.9 Å². The summed E-state index contributed by atoms with van der Waals surface area (Å²) in [6.07, 6.45) is 0.628. The van der Waals surface area contributed by atoms with E-state index in [0.29, 0.717) is 19.5 Å². The molecule has 0 aliphatic carbocycles. The molecule has 1 aromatic carbocycles. The third kappa shape index (κ3) is 2.33. The first-order chi connectivity index (χ1) is 7.13. The van der Waals surface area contributed by atoms with Gasteiger partial charge in [0.1, 0.15) is 5.75 Å². The molecule has 0 spiro atoms. The maximum absolute atomic E-state index is 10.0. The average Bonchev–Trinajstić information content (AvgIpc) is 2.16. The molecule has 0 unspecified atom stereocenters. The number of halogens is 1. The number of aliphatic hydroxyl groups is 1. The summed E-state index contributed by atoms with van der Waals surface area (Å²) in [4.78, 5) is 0. The molecule has 0 bridgehead atoms. The van der Waals surface area contributed by atoms with Gasteiger partial charge < -0.3 is 15.2 Å². The number of methoxy groups -OCH3 is 1. The Bertz CT molecular complexity index is 364. The summed E-state index contributed by atoms with van der Waals surface area (Å²) in [5.41, 5.74) is 0.435. The van der Waals surface area contributed by atoms with Crippen LogP contribution in [0.2, 0.25) is 0 Å². The maximum atomic E-state index is 10.0. The standard InChI is InChI=1S/C11H14BrNO2/c1-15-10-3-2-9(12)4-8(10)5-11(14)6-13-7-11/h2-4,13-14H,5-7H2,1H3. The van der Waals surface area contributed by atoms with Gasteiger partial charge in [-0.3, -0.25) is 0 Å². The lowest BCUT2D eigenvalue weighted by Crippen LogP contribution is -2.60. The van der Waals surface area contributed by atoms with Crippen molar-refractivity contribution in [2.45, 2.75) is 12.0 Å². The Balaban J connectivity index is 2.21. The summed E-state index contributed by atoms with van der Waals surface area (Å²) in [5, 5.41) is 13.1. The van der Waals surface area contributed by atoms with E-state index in [0.717, 1.165) is 15.8 Å². The Morgan fingerprint density at radius 3 is 2.80 bits per heavy atom. The van der Waals surface area contributed by atoms with E-state index in [9.17, 15) is 5.11 Å². The highest BCUT2D eigenvalue weighted by atomic mass is 79.9. The Labute approximate surface area is 97.6 Å². The summed E-state index contributed by atoms with van der Waals surface area (Å²) < 4.78 is 6.27. The van der Waals surface area contributed by atoms with Crippen molar-refractivity contribution in [3.63, 3.8) is 0 Å². The van der Waals surface area contributed by atoms with Crippen LogP contribution in [0.5, 0.6) is 5.75 Å². The molecule has 0 atom stereocenters. The third-order valence-corrected chi connectivity index (χ3v) is 3.16. The summed E-state index contributed by atoms with van der Waals surface area (Å²) in [5.74, 6) is 0.832. The highest BCUT2D eigenvalue weighted by Crippen LogP contribution is 2.28. The molecule has 2 N–H and O–H groups in total. The van der Waals surface area contributed by atoms with Gasteiger partial charge in [0, 0.05) is 24.0 Å². The van der Waals surface area contributed by atoms with E-state index in [-0.39, 0.29) is 0 Å². The molecular weight excluding hydrogens is 258 g/mol. The topological polar surface area (TPSA) is 41.5 Å². The minimum atomic E-state index is -0.603. The van der Waals surface area contributed by atoms with Crippen LogP contribution < -0.4 is 10.1 Å². The van der Waals surface area contributed by atoms with Gasteiger partial charge in [-0.05, 0) is 23.8 Å². The quantitative estimate of drug-likeness (QED) is 0.872. The van der Waals surface area contributed by atoms with E-state index in [1.807, 2.05) is 18.2 Å². The van der Waals surface area contributed by atoms with Gasteiger partial charge in [-0.15, -0.1) is 0 Å². The largest absolute Gasteiger partial charge is 0.496 e. The van der Waals surface area contributed by atoms with Gasteiger partial charge in [-0.1, -0.05) is 15.9 Å². The predicted octanol–water partition coefficient (Wildman–Crippen LogP) is 1.33. The molecule has 1 aliphatic rings. The normalized spacial score (nSPS) is 18.3. The van der Waals surface area contributed by atoms with Crippen LogP contribution in [0, 0.1) is 0 Å². The predicted molar refractivity (Wildman–Crippen MR) is 62.2 cm³/mol. The van der Waals surface area contributed by atoms with Gasteiger partial charge in [-0.25, -0.2) is 0 Å². The zero-order chi connectivity index (χ0) is 10.9. The second-order valence-corrected chi connectivity index (χ2v) is 4.88. The molecule has 2 rings (SSSR count). The van der Waals surface area contributed by atoms with Crippen molar-refractivity contribution in [3.8, 4) is 5.75 Å². The lowest BCUT2D eigenvalue weighted by molar-refractivity contribution is -0.00944. The zero-order valence-electron chi connectivity index (χ0n) is 8.59. The number of nitrogens with one attached hydrogen (secondary N) is 1. The molecule has 0 radical (unpaired) electrons. The minimum Gasteiger partial charge on any atom is -0.496 e. The van der Waals surface area contributed by atoms with Crippen molar-refractivity contribution in [1.29, 1.82) is 0 Å². The van der Waals surface area contributed by atoms with Gasteiger partial charge in [0.2, 0.25) is 0 Å². The number of hydrogen-bond donors (Lipinski definition) is 2. The molecule has 1 aliphatic heterocycles. The fourth-order valence-electron chi connectivity index (χ4n) is 1.78.